The minimum atomic E-state index is 0.576. The van der Waals surface area contributed by atoms with Crippen molar-refractivity contribution in [2.24, 2.45) is 0 Å². The first-order valence-electron chi connectivity index (χ1n) is 21.9. The average molecular weight is 846 g/mol. The number of aromatic nitrogens is 5. The van der Waals surface area contributed by atoms with E-state index in [0.29, 0.717) is 17.6 Å². The van der Waals surface area contributed by atoms with Gasteiger partial charge < -0.3 is 4.57 Å². The van der Waals surface area contributed by atoms with E-state index in [1.807, 2.05) is 29.5 Å². The topological polar surface area (TPSA) is 48.5 Å². The molecule has 0 saturated heterocycles. The number of rotatable bonds is 5. The number of benzene rings is 10. The van der Waals surface area contributed by atoms with Gasteiger partial charge in [0.1, 0.15) is 0 Å². The van der Waals surface area contributed by atoms with Crippen LogP contribution in [0.25, 0.3) is 131 Å². The van der Waals surface area contributed by atoms with E-state index in [1.54, 1.807) is 0 Å². The van der Waals surface area contributed by atoms with Gasteiger partial charge in [0.05, 0.1) is 22.1 Å². The molecule has 0 aliphatic carbocycles. The van der Waals surface area contributed by atoms with Gasteiger partial charge in [-0.05, 0) is 93.3 Å². The van der Waals surface area contributed by atoms with Crippen LogP contribution in [0.2, 0.25) is 0 Å². The summed E-state index contributed by atoms with van der Waals surface area (Å²) in [4.78, 5) is 16.1. The summed E-state index contributed by atoms with van der Waals surface area (Å²) in [6.45, 7) is 0. The smallest absolute Gasteiger partial charge is 0.238 e. The quantitative estimate of drug-likeness (QED) is 0.173. The molecule has 4 heterocycles. The van der Waals surface area contributed by atoms with Crippen molar-refractivity contribution in [3.8, 4) is 45.5 Å². The molecule has 0 aliphatic rings. The van der Waals surface area contributed by atoms with Gasteiger partial charge in [-0.25, -0.2) is 4.98 Å². The molecule has 0 aliphatic heterocycles. The lowest BCUT2D eigenvalue weighted by molar-refractivity contribution is 0.954. The maximum Gasteiger partial charge on any atom is 0.238 e. The van der Waals surface area contributed by atoms with Gasteiger partial charge in [0, 0.05) is 58.5 Å². The summed E-state index contributed by atoms with van der Waals surface area (Å²) in [5.74, 6) is 1.84. The maximum atomic E-state index is 5.48. The minimum Gasteiger partial charge on any atom is -0.309 e. The van der Waals surface area contributed by atoms with Crippen LogP contribution in [-0.4, -0.2) is 24.1 Å². The van der Waals surface area contributed by atoms with Crippen LogP contribution in [0.3, 0.4) is 0 Å². The molecule has 0 radical (unpaired) electrons. The Morgan fingerprint density at radius 1 is 0.323 bits per heavy atom. The van der Waals surface area contributed by atoms with Crippen LogP contribution >= 0.6 is 11.3 Å². The maximum absolute atomic E-state index is 5.48. The third-order valence-corrected chi connectivity index (χ3v) is 14.3. The van der Waals surface area contributed by atoms with Crippen molar-refractivity contribution in [1.82, 2.24) is 24.1 Å². The zero-order chi connectivity index (χ0) is 42.6. The SMILES string of the molecule is c1ccc(-c2nc(-c3cc4sc5ccccc5c4c4ccccc34)nc(-n3c4ccc(-c5ccc6c(c5)c5ccccc5n6-c5ccccc5)cc4c4c5ccccc5ccc43)n2)cc1. The van der Waals surface area contributed by atoms with Crippen molar-refractivity contribution in [2.75, 3.05) is 0 Å². The van der Waals surface area contributed by atoms with Crippen molar-refractivity contribution in [3.63, 3.8) is 0 Å². The van der Waals surface area contributed by atoms with Gasteiger partial charge in [-0.3, -0.25) is 4.57 Å². The van der Waals surface area contributed by atoms with Crippen molar-refractivity contribution < 1.29 is 0 Å². The molecule has 5 nitrogen and oxygen atoms in total. The molecule has 4 aromatic heterocycles. The molecule has 10 aromatic carbocycles. The molecule has 14 rings (SSSR count). The Balaban J connectivity index is 1.02. The van der Waals surface area contributed by atoms with Crippen LogP contribution in [0.4, 0.5) is 0 Å². The lowest BCUT2D eigenvalue weighted by Crippen LogP contribution is -2.06. The van der Waals surface area contributed by atoms with E-state index in [4.69, 9.17) is 15.0 Å². The van der Waals surface area contributed by atoms with Crippen LogP contribution in [0.1, 0.15) is 0 Å². The van der Waals surface area contributed by atoms with E-state index in [-0.39, 0.29) is 0 Å². The lowest BCUT2D eigenvalue weighted by atomic mass is 9.99. The Kier molecular flexibility index (Phi) is 7.79. The van der Waals surface area contributed by atoms with Crippen LogP contribution in [0.5, 0.6) is 0 Å². The third-order valence-electron chi connectivity index (χ3n) is 13.2. The fourth-order valence-electron chi connectivity index (χ4n) is 10.3. The molecular weight excluding hydrogens is 811 g/mol. The summed E-state index contributed by atoms with van der Waals surface area (Å²) in [6, 6.07) is 76.2. The van der Waals surface area contributed by atoms with Gasteiger partial charge in [0.15, 0.2) is 11.6 Å². The second-order valence-electron chi connectivity index (χ2n) is 16.8. The van der Waals surface area contributed by atoms with E-state index in [9.17, 15) is 0 Å². The molecule has 0 saturated carbocycles. The average Bonchev–Trinajstić information content (AvgIpc) is 4.04. The molecule has 6 heteroatoms. The van der Waals surface area contributed by atoms with Gasteiger partial charge >= 0.3 is 0 Å². The molecule has 0 N–H and O–H groups in total. The summed E-state index contributed by atoms with van der Waals surface area (Å²) < 4.78 is 7.09. The molecule has 0 atom stereocenters. The second-order valence-corrected chi connectivity index (χ2v) is 17.8. The second kappa shape index (κ2) is 14.0. The van der Waals surface area contributed by atoms with E-state index < -0.39 is 0 Å². The van der Waals surface area contributed by atoms with Crippen molar-refractivity contribution in [3.05, 3.63) is 212 Å². The summed E-state index contributed by atoms with van der Waals surface area (Å²) in [7, 11) is 0. The highest BCUT2D eigenvalue weighted by Crippen LogP contribution is 2.44. The molecule has 302 valence electrons. The van der Waals surface area contributed by atoms with E-state index >= 15 is 0 Å². The first-order chi connectivity index (χ1) is 32.2. The molecule has 0 amide bonds. The fraction of sp³-hybridized carbons (Fsp3) is 0. The fourth-order valence-corrected chi connectivity index (χ4v) is 11.4. The first-order valence-corrected chi connectivity index (χ1v) is 22.8. The van der Waals surface area contributed by atoms with Gasteiger partial charge in [-0.1, -0.05) is 152 Å². The Labute approximate surface area is 376 Å². The molecule has 0 spiro atoms. The normalized spacial score (nSPS) is 12.0. The summed E-state index contributed by atoms with van der Waals surface area (Å²) in [5.41, 5.74) is 9.82. The highest BCUT2D eigenvalue weighted by molar-refractivity contribution is 7.26. The Morgan fingerprint density at radius 2 is 0.923 bits per heavy atom. The third kappa shape index (κ3) is 5.48. The van der Waals surface area contributed by atoms with Crippen molar-refractivity contribution in [2.45, 2.75) is 0 Å². The van der Waals surface area contributed by atoms with Crippen LogP contribution in [0, 0.1) is 0 Å². The number of hydrogen-bond donors (Lipinski definition) is 0. The zero-order valence-electron chi connectivity index (χ0n) is 34.9. The zero-order valence-corrected chi connectivity index (χ0v) is 35.7. The number of hydrogen-bond acceptors (Lipinski definition) is 4. The van der Waals surface area contributed by atoms with Crippen LogP contribution in [-0.2, 0) is 0 Å². The van der Waals surface area contributed by atoms with Crippen molar-refractivity contribution in [1.29, 1.82) is 0 Å². The van der Waals surface area contributed by atoms with Gasteiger partial charge in [0.2, 0.25) is 5.95 Å². The Bertz CT molecular complexity index is 4240. The molecule has 0 unspecified atom stereocenters. The molecule has 0 fully saturated rings. The monoisotopic (exact) mass is 845 g/mol. The number of thiophene rings is 1. The highest BCUT2D eigenvalue weighted by Gasteiger charge is 2.22. The minimum absolute atomic E-state index is 0.576. The van der Waals surface area contributed by atoms with Crippen LogP contribution in [0.15, 0.2) is 212 Å². The van der Waals surface area contributed by atoms with Crippen LogP contribution < -0.4 is 0 Å². The number of para-hydroxylation sites is 2. The van der Waals surface area contributed by atoms with Gasteiger partial charge in [-0.2, -0.15) is 9.97 Å². The Morgan fingerprint density at radius 3 is 1.74 bits per heavy atom. The molecular formula is C59H35N5S. The molecule has 65 heavy (non-hydrogen) atoms. The predicted octanol–water partition coefficient (Wildman–Crippen LogP) is 15.7. The van der Waals surface area contributed by atoms with Gasteiger partial charge in [-0.15, -0.1) is 11.3 Å². The highest BCUT2D eigenvalue weighted by atomic mass is 32.1. The lowest BCUT2D eigenvalue weighted by Gasteiger charge is -2.13. The molecule has 0 bridgehead atoms. The Hall–Kier alpha value is -8.45. The summed E-state index contributed by atoms with van der Waals surface area (Å²) in [5, 5.41) is 12.0. The predicted molar refractivity (Wildman–Crippen MR) is 273 cm³/mol. The molecule has 14 aromatic rings. The van der Waals surface area contributed by atoms with E-state index in [2.05, 4.69) is 203 Å². The van der Waals surface area contributed by atoms with E-state index in [0.717, 1.165) is 49.7 Å². The first kappa shape index (κ1) is 36.1. The number of fused-ring (bicyclic) bond motifs is 13. The number of nitrogens with zero attached hydrogens (tertiary/aromatic N) is 5. The van der Waals surface area contributed by atoms with E-state index in [1.165, 1.54) is 63.5 Å². The van der Waals surface area contributed by atoms with Gasteiger partial charge in [0.25, 0.3) is 0 Å². The largest absolute Gasteiger partial charge is 0.309 e. The standard InChI is InChI=1S/C59H35N5S/c1-3-16-37(17-4-1)57-60-58(47-35-54-56(44-23-10-9-21-42(44)47)45-24-12-14-26-53(45)65-54)62-59(61-57)64-51-31-29-39(34-48(51)55-41-20-8-7-15-36(41)27-32-52(55)64)38-28-30-50-46(33-38)43-22-11-13-25-49(43)63(50)40-18-5-2-6-19-40/h1-35H. The summed E-state index contributed by atoms with van der Waals surface area (Å²) in [6.07, 6.45) is 0. The summed E-state index contributed by atoms with van der Waals surface area (Å²) >= 11 is 1.82. The van der Waals surface area contributed by atoms with Crippen molar-refractivity contribution >= 4 is 96.7 Å².